The fraction of sp³-hybridized carbons (Fsp3) is 0.500. The Morgan fingerprint density at radius 2 is 1.93 bits per heavy atom. The molecule has 0 aromatic rings. The number of amides is 1. The topological polar surface area (TPSA) is 116 Å². The van der Waals surface area contributed by atoms with Crippen molar-refractivity contribution in [1.29, 1.82) is 0 Å². The molecule has 0 aromatic heterocycles. The number of aliphatic hydroxyl groups excluding tert-OH is 2. The van der Waals surface area contributed by atoms with Crippen molar-refractivity contribution in [2.75, 3.05) is 19.8 Å². The molecular formula is C8H13NO6. The molecular weight excluding hydrogens is 206 g/mol. The molecule has 0 aliphatic heterocycles. The van der Waals surface area contributed by atoms with Gasteiger partial charge in [-0.25, -0.2) is 9.59 Å². The highest BCUT2D eigenvalue weighted by Gasteiger charge is 2.39. The van der Waals surface area contributed by atoms with Crippen LogP contribution in [0.5, 0.6) is 0 Å². The first-order valence-corrected chi connectivity index (χ1v) is 4.03. The lowest BCUT2D eigenvalue weighted by molar-refractivity contribution is -0.148. The van der Waals surface area contributed by atoms with Crippen molar-refractivity contribution < 1.29 is 29.6 Å². The summed E-state index contributed by atoms with van der Waals surface area (Å²) in [5, 5.41) is 28.1. The van der Waals surface area contributed by atoms with Crippen LogP contribution in [0.2, 0.25) is 0 Å². The molecule has 0 saturated heterocycles. The molecule has 1 amide bonds. The van der Waals surface area contributed by atoms with Gasteiger partial charge in [-0.3, -0.25) is 0 Å². The van der Waals surface area contributed by atoms with Crippen LogP contribution in [0.1, 0.15) is 0 Å². The second-order valence-corrected chi connectivity index (χ2v) is 2.72. The second-order valence-electron chi connectivity index (χ2n) is 2.72. The number of carboxylic acids is 1. The van der Waals surface area contributed by atoms with Crippen molar-refractivity contribution in [3.8, 4) is 0 Å². The molecule has 0 atom stereocenters. The van der Waals surface area contributed by atoms with Crippen molar-refractivity contribution in [2.24, 2.45) is 0 Å². The van der Waals surface area contributed by atoms with E-state index in [0.717, 1.165) is 0 Å². The Morgan fingerprint density at radius 1 is 1.40 bits per heavy atom. The summed E-state index contributed by atoms with van der Waals surface area (Å²) in [6, 6.07) is 0. The number of nitrogens with one attached hydrogen (secondary N) is 1. The molecule has 0 bridgehead atoms. The maximum absolute atomic E-state index is 11.0. The minimum atomic E-state index is -2.13. The largest absolute Gasteiger partial charge is 0.479 e. The molecule has 0 aliphatic carbocycles. The molecule has 0 aliphatic rings. The smallest absolute Gasteiger partial charge is 0.408 e. The van der Waals surface area contributed by atoms with Crippen molar-refractivity contribution in [3.05, 3.63) is 12.7 Å². The van der Waals surface area contributed by atoms with Crippen molar-refractivity contribution in [1.82, 2.24) is 5.32 Å². The minimum Gasteiger partial charge on any atom is -0.479 e. The Balaban J connectivity index is 4.47. The Bertz CT molecular complexity index is 248. The van der Waals surface area contributed by atoms with Crippen LogP contribution in [0.15, 0.2) is 12.7 Å². The van der Waals surface area contributed by atoms with Crippen LogP contribution in [-0.2, 0) is 9.53 Å². The summed E-state index contributed by atoms with van der Waals surface area (Å²) in [4.78, 5) is 21.7. The third kappa shape index (κ3) is 3.56. The summed E-state index contributed by atoms with van der Waals surface area (Å²) in [7, 11) is 0. The van der Waals surface area contributed by atoms with Gasteiger partial charge in [-0.15, -0.1) is 0 Å². The minimum absolute atomic E-state index is 0.0988. The third-order valence-electron chi connectivity index (χ3n) is 1.62. The number of carbonyl (C=O) groups is 2. The van der Waals surface area contributed by atoms with Crippen molar-refractivity contribution >= 4 is 12.1 Å². The van der Waals surface area contributed by atoms with Crippen LogP contribution in [0.25, 0.3) is 0 Å². The first-order chi connectivity index (χ1) is 7.02. The van der Waals surface area contributed by atoms with Gasteiger partial charge in [-0.1, -0.05) is 12.7 Å². The van der Waals surface area contributed by atoms with E-state index in [0.29, 0.717) is 0 Å². The zero-order valence-corrected chi connectivity index (χ0v) is 7.97. The fourth-order valence-electron chi connectivity index (χ4n) is 0.684. The molecule has 15 heavy (non-hydrogen) atoms. The van der Waals surface area contributed by atoms with Crippen molar-refractivity contribution in [2.45, 2.75) is 5.54 Å². The molecule has 86 valence electrons. The zero-order chi connectivity index (χ0) is 11.9. The Morgan fingerprint density at radius 3 is 2.27 bits per heavy atom. The monoisotopic (exact) mass is 219 g/mol. The number of aliphatic hydroxyl groups is 2. The Kier molecular flexibility index (Phi) is 5.35. The molecule has 7 heteroatoms. The Hall–Kier alpha value is -1.60. The van der Waals surface area contributed by atoms with Crippen molar-refractivity contribution in [3.63, 3.8) is 0 Å². The number of alkyl carbamates (subject to hydrolysis) is 1. The number of aliphatic carboxylic acids is 1. The van der Waals surface area contributed by atoms with Crippen LogP contribution in [-0.4, -0.2) is 52.7 Å². The van der Waals surface area contributed by atoms with E-state index in [9.17, 15) is 9.59 Å². The van der Waals surface area contributed by atoms with Gasteiger partial charge < -0.3 is 25.4 Å². The molecule has 0 fully saturated rings. The summed E-state index contributed by atoms with van der Waals surface area (Å²) in [6.07, 6.45) is 0.236. The van der Waals surface area contributed by atoms with Gasteiger partial charge >= 0.3 is 12.1 Å². The standard InChI is InChI=1S/C8H13NO6/c1-2-3-15-7(14)9-8(4-10,5-11)6(12)13/h2,10-11H,1,3-5H2,(H,9,14)(H,12,13). The number of hydrogen-bond donors (Lipinski definition) is 4. The summed E-state index contributed by atoms with van der Waals surface area (Å²) in [5.74, 6) is -1.55. The zero-order valence-electron chi connectivity index (χ0n) is 7.97. The van der Waals surface area contributed by atoms with Gasteiger partial charge in [-0.2, -0.15) is 0 Å². The molecule has 4 N–H and O–H groups in total. The van der Waals surface area contributed by atoms with Crippen LogP contribution in [0.4, 0.5) is 4.79 Å². The highest BCUT2D eigenvalue weighted by molar-refractivity contribution is 5.84. The lowest BCUT2D eigenvalue weighted by Crippen LogP contribution is -2.60. The summed E-state index contributed by atoms with van der Waals surface area (Å²) >= 11 is 0. The molecule has 0 spiro atoms. The maximum atomic E-state index is 11.0. The van der Waals surface area contributed by atoms with E-state index < -0.39 is 30.8 Å². The normalized spacial score (nSPS) is 10.5. The highest BCUT2D eigenvalue weighted by atomic mass is 16.5. The SMILES string of the molecule is C=CCOC(=O)NC(CO)(CO)C(=O)O. The molecule has 0 rings (SSSR count). The van der Waals surface area contributed by atoms with E-state index in [1.807, 2.05) is 5.32 Å². The first kappa shape index (κ1) is 13.4. The highest BCUT2D eigenvalue weighted by Crippen LogP contribution is 2.03. The average Bonchev–Trinajstić information content (AvgIpc) is 2.22. The number of hydrogen-bond acceptors (Lipinski definition) is 5. The lowest BCUT2D eigenvalue weighted by Gasteiger charge is -2.25. The summed E-state index contributed by atoms with van der Waals surface area (Å²) in [5.41, 5.74) is -2.13. The van der Waals surface area contributed by atoms with Crippen LogP contribution < -0.4 is 5.32 Å². The molecule has 0 radical (unpaired) electrons. The van der Waals surface area contributed by atoms with Gasteiger partial charge in [0.15, 0.2) is 5.54 Å². The van der Waals surface area contributed by atoms with Gasteiger partial charge in [0.25, 0.3) is 0 Å². The lowest BCUT2D eigenvalue weighted by atomic mass is 10.0. The summed E-state index contributed by atoms with van der Waals surface area (Å²) < 4.78 is 4.45. The van der Waals surface area contributed by atoms with Gasteiger partial charge in [-0.05, 0) is 0 Å². The number of carboxylic acid groups (broad SMARTS) is 1. The molecule has 0 heterocycles. The van der Waals surface area contributed by atoms with Crippen LogP contribution >= 0.6 is 0 Å². The van der Waals surface area contributed by atoms with Gasteiger partial charge in [0.2, 0.25) is 0 Å². The fourth-order valence-corrected chi connectivity index (χ4v) is 0.684. The predicted molar refractivity (Wildman–Crippen MR) is 49.2 cm³/mol. The van der Waals surface area contributed by atoms with E-state index >= 15 is 0 Å². The molecule has 0 aromatic carbocycles. The quantitative estimate of drug-likeness (QED) is 0.413. The molecule has 7 nitrogen and oxygen atoms in total. The second kappa shape index (κ2) is 5.99. The molecule has 0 saturated carbocycles. The number of rotatable bonds is 6. The van der Waals surface area contributed by atoms with E-state index in [-0.39, 0.29) is 6.61 Å². The maximum Gasteiger partial charge on any atom is 0.408 e. The van der Waals surface area contributed by atoms with Gasteiger partial charge in [0.05, 0.1) is 13.2 Å². The van der Waals surface area contributed by atoms with E-state index in [4.69, 9.17) is 15.3 Å². The Labute approximate surface area is 86.0 Å². The van der Waals surface area contributed by atoms with E-state index in [2.05, 4.69) is 11.3 Å². The van der Waals surface area contributed by atoms with Gasteiger partial charge in [0.1, 0.15) is 6.61 Å². The van der Waals surface area contributed by atoms with Crippen LogP contribution in [0, 0.1) is 0 Å². The van der Waals surface area contributed by atoms with E-state index in [1.54, 1.807) is 0 Å². The molecule has 0 unspecified atom stereocenters. The number of carbonyl (C=O) groups excluding carboxylic acids is 1. The average molecular weight is 219 g/mol. The summed E-state index contributed by atoms with van der Waals surface area (Å²) in [6.45, 7) is 1.30. The number of ether oxygens (including phenoxy) is 1. The first-order valence-electron chi connectivity index (χ1n) is 4.03. The predicted octanol–water partition coefficient (Wildman–Crippen LogP) is -1.29. The van der Waals surface area contributed by atoms with Gasteiger partial charge in [0, 0.05) is 0 Å². The van der Waals surface area contributed by atoms with Crippen LogP contribution in [0.3, 0.4) is 0 Å². The third-order valence-corrected chi connectivity index (χ3v) is 1.62. The van der Waals surface area contributed by atoms with E-state index in [1.165, 1.54) is 6.08 Å².